The molecule has 5 heteroatoms. The molecule has 0 saturated heterocycles. The molecule has 0 bridgehead atoms. The third kappa shape index (κ3) is 1.56. The van der Waals surface area contributed by atoms with Gasteiger partial charge in [0.05, 0.1) is 11.4 Å². The van der Waals surface area contributed by atoms with Crippen molar-refractivity contribution in [3.8, 4) is 0 Å². The van der Waals surface area contributed by atoms with Crippen LogP contribution in [0.4, 0.5) is 5.69 Å². The van der Waals surface area contributed by atoms with Gasteiger partial charge in [-0.15, -0.1) is 5.10 Å². The quantitative estimate of drug-likeness (QED) is 0.702. The lowest BCUT2D eigenvalue weighted by molar-refractivity contribution is 0.481. The van der Waals surface area contributed by atoms with Crippen LogP contribution < -0.4 is 11.3 Å². The molecule has 0 fully saturated rings. The molecule has 0 radical (unpaired) electrons. The van der Waals surface area contributed by atoms with Crippen molar-refractivity contribution < 1.29 is 0 Å². The third-order valence-corrected chi connectivity index (χ3v) is 2.20. The van der Waals surface area contributed by atoms with Crippen molar-refractivity contribution >= 4 is 16.6 Å². The molecule has 2 rings (SSSR count). The zero-order valence-corrected chi connectivity index (χ0v) is 8.64. The molecule has 78 valence electrons. The van der Waals surface area contributed by atoms with Crippen LogP contribution in [0.25, 0.3) is 10.9 Å². The molecule has 0 aliphatic carbocycles. The number of nitrogen functional groups attached to an aromatic ring is 1. The third-order valence-electron chi connectivity index (χ3n) is 2.20. The second-order valence-corrected chi connectivity index (χ2v) is 3.71. The summed E-state index contributed by atoms with van der Waals surface area (Å²) in [4.78, 5) is 11.9. The standard InChI is InChI=1S/C10H12N4O/c1-6(2)14-10(15)8-5-7(11)3-4-9(8)12-13-14/h3-6H,11H2,1-2H3. The van der Waals surface area contributed by atoms with Crippen molar-refractivity contribution in [3.05, 3.63) is 28.6 Å². The average Bonchev–Trinajstić information content (AvgIpc) is 2.19. The van der Waals surface area contributed by atoms with Gasteiger partial charge in [0.2, 0.25) is 0 Å². The van der Waals surface area contributed by atoms with Crippen LogP contribution in [-0.2, 0) is 0 Å². The van der Waals surface area contributed by atoms with E-state index < -0.39 is 0 Å². The number of rotatable bonds is 1. The highest BCUT2D eigenvalue weighted by molar-refractivity contribution is 5.80. The van der Waals surface area contributed by atoms with Gasteiger partial charge < -0.3 is 5.73 Å². The number of nitrogens with zero attached hydrogens (tertiary/aromatic N) is 3. The topological polar surface area (TPSA) is 73.8 Å². The second kappa shape index (κ2) is 3.34. The largest absolute Gasteiger partial charge is 0.399 e. The van der Waals surface area contributed by atoms with E-state index in [-0.39, 0.29) is 11.6 Å². The first-order valence-electron chi connectivity index (χ1n) is 4.74. The summed E-state index contributed by atoms with van der Waals surface area (Å²) in [7, 11) is 0. The van der Waals surface area contributed by atoms with Crippen LogP contribution in [0.1, 0.15) is 19.9 Å². The fourth-order valence-corrected chi connectivity index (χ4v) is 1.41. The summed E-state index contributed by atoms with van der Waals surface area (Å²) in [6.07, 6.45) is 0. The molecule has 0 unspecified atom stereocenters. The minimum absolute atomic E-state index is 0.00386. The summed E-state index contributed by atoms with van der Waals surface area (Å²) in [5.41, 5.74) is 6.61. The normalized spacial score (nSPS) is 11.1. The molecule has 0 atom stereocenters. The summed E-state index contributed by atoms with van der Waals surface area (Å²) in [6, 6.07) is 5.03. The number of hydrogen-bond acceptors (Lipinski definition) is 4. The predicted octanol–water partition coefficient (Wildman–Crippen LogP) is 0.955. The fraction of sp³-hybridized carbons (Fsp3) is 0.300. The lowest BCUT2D eigenvalue weighted by atomic mass is 10.2. The zero-order valence-electron chi connectivity index (χ0n) is 8.64. The summed E-state index contributed by atoms with van der Waals surface area (Å²) < 4.78 is 1.35. The van der Waals surface area contributed by atoms with Gasteiger partial charge in [-0.2, -0.15) is 0 Å². The van der Waals surface area contributed by atoms with Gasteiger partial charge in [-0.1, -0.05) is 5.21 Å². The highest BCUT2D eigenvalue weighted by atomic mass is 16.1. The van der Waals surface area contributed by atoms with Crippen LogP contribution in [0.5, 0.6) is 0 Å². The molecule has 0 aliphatic rings. The Labute approximate surface area is 86.5 Å². The highest BCUT2D eigenvalue weighted by Crippen LogP contribution is 2.11. The number of aromatic nitrogens is 3. The minimum Gasteiger partial charge on any atom is -0.399 e. The molecule has 0 saturated carbocycles. The van der Waals surface area contributed by atoms with Gasteiger partial charge in [0, 0.05) is 5.69 Å². The summed E-state index contributed by atoms with van der Waals surface area (Å²) in [6.45, 7) is 3.77. The van der Waals surface area contributed by atoms with Crippen LogP contribution in [0.15, 0.2) is 23.0 Å². The maximum atomic E-state index is 11.9. The van der Waals surface area contributed by atoms with Gasteiger partial charge in [0.15, 0.2) is 0 Å². The molecule has 2 N–H and O–H groups in total. The molecular weight excluding hydrogens is 192 g/mol. The Bertz CT molecular complexity index is 559. The molecule has 0 spiro atoms. The number of nitrogens with two attached hydrogens (primary N) is 1. The molecule has 15 heavy (non-hydrogen) atoms. The highest BCUT2D eigenvalue weighted by Gasteiger charge is 2.07. The fourth-order valence-electron chi connectivity index (χ4n) is 1.41. The van der Waals surface area contributed by atoms with E-state index in [4.69, 9.17) is 5.73 Å². The van der Waals surface area contributed by atoms with Crippen LogP contribution in [0.2, 0.25) is 0 Å². The Morgan fingerprint density at radius 3 is 2.80 bits per heavy atom. The van der Waals surface area contributed by atoms with E-state index in [9.17, 15) is 4.79 Å². The smallest absolute Gasteiger partial charge is 0.277 e. The Balaban J connectivity index is 2.83. The summed E-state index contributed by atoms with van der Waals surface area (Å²) in [5.74, 6) is 0. The van der Waals surface area contributed by atoms with Crippen LogP contribution in [-0.4, -0.2) is 15.0 Å². The molecular formula is C10H12N4O. The number of hydrogen-bond donors (Lipinski definition) is 1. The lowest BCUT2D eigenvalue weighted by Crippen LogP contribution is -2.25. The number of anilines is 1. The molecule has 1 heterocycles. The van der Waals surface area contributed by atoms with E-state index in [0.717, 1.165) is 0 Å². The van der Waals surface area contributed by atoms with Crippen molar-refractivity contribution in [2.45, 2.75) is 19.9 Å². The van der Waals surface area contributed by atoms with Gasteiger partial charge in [0.1, 0.15) is 5.52 Å². The summed E-state index contributed by atoms with van der Waals surface area (Å²) >= 11 is 0. The molecule has 5 nitrogen and oxygen atoms in total. The number of fused-ring (bicyclic) bond motifs is 1. The Kier molecular flexibility index (Phi) is 2.15. The Morgan fingerprint density at radius 1 is 1.40 bits per heavy atom. The van der Waals surface area contributed by atoms with Crippen molar-refractivity contribution in [3.63, 3.8) is 0 Å². The first-order valence-corrected chi connectivity index (χ1v) is 4.74. The first kappa shape index (κ1) is 9.64. The van der Waals surface area contributed by atoms with Gasteiger partial charge in [-0.25, -0.2) is 4.68 Å². The molecule has 2 aromatic rings. The Hall–Kier alpha value is -1.91. The van der Waals surface area contributed by atoms with Gasteiger partial charge >= 0.3 is 0 Å². The monoisotopic (exact) mass is 204 g/mol. The number of benzene rings is 1. The maximum absolute atomic E-state index is 11.9. The van der Waals surface area contributed by atoms with E-state index in [2.05, 4.69) is 10.3 Å². The minimum atomic E-state index is -0.151. The first-order chi connectivity index (χ1) is 7.09. The SMILES string of the molecule is CC(C)n1nnc2ccc(N)cc2c1=O. The van der Waals surface area contributed by atoms with Crippen molar-refractivity contribution in [2.75, 3.05) is 5.73 Å². The van der Waals surface area contributed by atoms with Crippen LogP contribution in [0, 0.1) is 0 Å². The Morgan fingerprint density at radius 2 is 2.13 bits per heavy atom. The van der Waals surface area contributed by atoms with Crippen LogP contribution >= 0.6 is 0 Å². The van der Waals surface area contributed by atoms with Crippen LogP contribution in [0.3, 0.4) is 0 Å². The van der Waals surface area contributed by atoms with Crippen molar-refractivity contribution in [1.29, 1.82) is 0 Å². The molecule has 1 aromatic carbocycles. The van der Waals surface area contributed by atoms with Gasteiger partial charge in [-0.05, 0) is 32.0 Å². The van der Waals surface area contributed by atoms with E-state index in [1.807, 2.05) is 13.8 Å². The molecule has 1 aromatic heterocycles. The van der Waals surface area contributed by atoms with Crippen molar-refractivity contribution in [2.24, 2.45) is 0 Å². The van der Waals surface area contributed by atoms with E-state index in [0.29, 0.717) is 16.6 Å². The van der Waals surface area contributed by atoms with E-state index in [1.165, 1.54) is 4.68 Å². The average molecular weight is 204 g/mol. The summed E-state index contributed by atoms with van der Waals surface area (Å²) in [5, 5.41) is 8.32. The van der Waals surface area contributed by atoms with Gasteiger partial charge in [0.25, 0.3) is 5.56 Å². The molecule has 0 aliphatic heterocycles. The second-order valence-electron chi connectivity index (χ2n) is 3.71. The zero-order chi connectivity index (χ0) is 11.0. The molecule has 0 amide bonds. The maximum Gasteiger partial charge on any atom is 0.277 e. The van der Waals surface area contributed by atoms with Gasteiger partial charge in [-0.3, -0.25) is 4.79 Å². The van der Waals surface area contributed by atoms with Crippen molar-refractivity contribution in [1.82, 2.24) is 15.0 Å². The van der Waals surface area contributed by atoms with E-state index in [1.54, 1.807) is 18.2 Å². The van der Waals surface area contributed by atoms with E-state index >= 15 is 0 Å². The lowest BCUT2D eigenvalue weighted by Gasteiger charge is -2.07. The predicted molar refractivity (Wildman–Crippen MR) is 58.6 cm³/mol.